The maximum Gasteiger partial charge on any atom is 0.0235 e. The second-order valence-electron chi connectivity index (χ2n) is 7.52. The van der Waals surface area contributed by atoms with Crippen LogP contribution in [-0.4, -0.2) is 48.1 Å². The third-order valence-corrected chi connectivity index (χ3v) is 5.35. The van der Waals surface area contributed by atoms with E-state index in [-0.39, 0.29) is 5.41 Å². The van der Waals surface area contributed by atoms with Crippen molar-refractivity contribution in [2.24, 2.45) is 11.1 Å². The van der Waals surface area contributed by atoms with Crippen molar-refractivity contribution in [2.75, 3.05) is 26.2 Å². The molecule has 2 saturated heterocycles. The predicted molar refractivity (Wildman–Crippen MR) is 88.1 cm³/mol. The first-order valence-corrected chi connectivity index (χ1v) is 8.30. The highest BCUT2D eigenvalue weighted by Gasteiger charge is 2.37. The number of nitrogens with two attached hydrogens (primary N) is 1. The lowest BCUT2D eigenvalue weighted by Gasteiger charge is -2.45. The Labute approximate surface area is 129 Å². The molecule has 2 atom stereocenters. The highest BCUT2D eigenvalue weighted by molar-refractivity contribution is 5.14. The molecule has 0 spiro atoms. The summed E-state index contributed by atoms with van der Waals surface area (Å²) in [4.78, 5) is 5.29. The molecule has 2 unspecified atom stereocenters. The van der Waals surface area contributed by atoms with Gasteiger partial charge in [-0.05, 0) is 30.4 Å². The second-order valence-corrected chi connectivity index (χ2v) is 7.52. The largest absolute Gasteiger partial charge is 0.327 e. The lowest BCUT2D eigenvalue weighted by Crippen LogP contribution is -2.55. The molecule has 1 aromatic rings. The molecule has 2 heterocycles. The lowest BCUT2D eigenvalue weighted by atomic mass is 9.79. The van der Waals surface area contributed by atoms with Gasteiger partial charge in [-0.3, -0.25) is 9.80 Å². The van der Waals surface area contributed by atoms with Gasteiger partial charge in [0.1, 0.15) is 0 Å². The minimum atomic E-state index is 0.255. The first-order valence-electron chi connectivity index (χ1n) is 8.30. The molecule has 0 saturated carbocycles. The summed E-state index contributed by atoms with van der Waals surface area (Å²) in [5.41, 5.74) is 7.95. The summed E-state index contributed by atoms with van der Waals surface area (Å²) in [5, 5.41) is 0. The monoisotopic (exact) mass is 287 g/mol. The van der Waals surface area contributed by atoms with E-state index in [4.69, 9.17) is 5.73 Å². The van der Waals surface area contributed by atoms with Crippen molar-refractivity contribution < 1.29 is 0 Å². The Balaban J connectivity index is 1.55. The fourth-order valence-corrected chi connectivity index (χ4v) is 3.82. The molecule has 116 valence electrons. The molecule has 0 amide bonds. The van der Waals surface area contributed by atoms with Gasteiger partial charge in [0.2, 0.25) is 0 Å². The zero-order valence-corrected chi connectivity index (χ0v) is 13.5. The molecule has 2 aliphatic rings. The van der Waals surface area contributed by atoms with E-state index in [1.165, 1.54) is 31.6 Å². The van der Waals surface area contributed by atoms with Gasteiger partial charge in [0, 0.05) is 38.3 Å². The summed E-state index contributed by atoms with van der Waals surface area (Å²) in [5.74, 6) is 0. The standard InChI is InChI=1S/C18H29N3/c1-18(2)14-21(11-9-17(18)19)16-8-10-20(13-16)12-15-6-4-3-5-7-15/h3-7,16-17H,8-14,19H2,1-2H3. The van der Waals surface area contributed by atoms with Crippen LogP contribution in [-0.2, 0) is 6.54 Å². The number of nitrogens with zero attached hydrogens (tertiary/aromatic N) is 2. The Morgan fingerprint density at radius 2 is 1.90 bits per heavy atom. The first-order chi connectivity index (χ1) is 10.0. The molecule has 1 aromatic carbocycles. The van der Waals surface area contributed by atoms with Crippen molar-refractivity contribution in [3.8, 4) is 0 Å². The maximum atomic E-state index is 6.27. The van der Waals surface area contributed by atoms with E-state index < -0.39 is 0 Å². The van der Waals surface area contributed by atoms with Crippen LogP contribution in [0.4, 0.5) is 0 Å². The molecule has 2 fully saturated rings. The molecule has 0 aliphatic carbocycles. The third kappa shape index (κ3) is 3.47. The molecule has 21 heavy (non-hydrogen) atoms. The van der Waals surface area contributed by atoms with Gasteiger partial charge >= 0.3 is 0 Å². The number of piperidine rings is 1. The highest BCUT2D eigenvalue weighted by atomic mass is 15.3. The van der Waals surface area contributed by atoms with Crippen molar-refractivity contribution >= 4 is 0 Å². The first kappa shape index (κ1) is 15.0. The van der Waals surface area contributed by atoms with Crippen LogP contribution in [0.3, 0.4) is 0 Å². The lowest BCUT2D eigenvalue weighted by molar-refractivity contribution is 0.0629. The Kier molecular flexibility index (Phi) is 4.34. The van der Waals surface area contributed by atoms with Gasteiger partial charge in [-0.25, -0.2) is 0 Å². The van der Waals surface area contributed by atoms with Crippen molar-refractivity contribution in [1.29, 1.82) is 0 Å². The topological polar surface area (TPSA) is 32.5 Å². The number of likely N-dealkylation sites (tertiary alicyclic amines) is 2. The van der Waals surface area contributed by atoms with Gasteiger partial charge in [-0.1, -0.05) is 44.2 Å². The average Bonchev–Trinajstić information content (AvgIpc) is 2.91. The van der Waals surface area contributed by atoms with Crippen LogP contribution in [0.1, 0.15) is 32.3 Å². The van der Waals surface area contributed by atoms with E-state index in [1.807, 2.05) is 0 Å². The molecule has 0 bridgehead atoms. The number of rotatable bonds is 3. The van der Waals surface area contributed by atoms with Crippen molar-refractivity contribution in [1.82, 2.24) is 9.80 Å². The Bertz CT molecular complexity index is 457. The number of hydrogen-bond donors (Lipinski definition) is 1. The van der Waals surface area contributed by atoms with E-state index in [0.717, 1.165) is 25.6 Å². The Morgan fingerprint density at radius 3 is 2.62 bits per heavy atom. The van der Waals surface area contributed by atoms with Crippen molar-refractivity contribution in [2.45, 2.75) is 45.3 Å². The van der Waals surface area contributed by atoms with Gasteiger partial charge in [0.15, 0.2) is 0 Å². The van der Waals surface area contributed by atoms with Crippen LogP contribution < -0.4 is 5.73 Å². The number of hydrogen-bond acceptors (Lipinski definition) is 3. The van der Waals surface area contributed by atoms with Gasteiger partial charge in [0.05, 0.1) is 0 Å². The fourth-order valence-electron chi connectivity index (χ4n) is 3.82. The molecule has 0 aromatic heterocycles. The molecular weight excluding hydrogens is 258 g/mol. The Morgan fingerprint density at radius 1 is 1.14 bits per heavy atom. The minimum Gasteiger partial charge on any atom is -0.327 e. The summed E-state index contributed by atoms with van der Waals surface area (Å²) in [6, 6.07) is 11.9. The smallest absolute Gasteiger partial charge is 0.0235 e. The number of benzene rings is 1. The van der Waals surface area contributed by atoms with Crippen LogP contribution in [0.2, 0.25) is 0 Å². The fraction of sp³-hybridized carbons (Fsp3) is 0.667. The zero-order valence-electron chi connectivity index (χ0n) is 13.5. The van der Waals surface area contributed by atoms with Crippen LogP contribution in [0.15, 0.2) is 30.3 Å². The normalized spacial score (nSPS) is 30.6. The van der Waals surface area contributed by atoms with E-state index in [2.05, 4.69) is 54.0 Å². The van der Waals surface area contributed by atoms with Crippen molar-refractivity contribution in [3.63, 3.8) is 0 Å². The maximum absolute atomic E-state index is 6.27. The molecular formula is C18H29N3. The van der Waals surface area contributed by atoms with E-state index in [9.17, 15) is 0 Å². The summed E-state index contributed by atoms with van der Waals surface area (Å²) in [6.07, 6.45) is 2.44. The SMILES string of the molecule is CC1(C)CN(C2CCN(Cc3ccccc3)C2)CCC1N. The second kappa shape index (κ2) is 6.07. The van der Waals surface area contributed by atoms with E-state index in [0.29, 0.717) is 6.04 Å². The Hall–Kier alpha value is -0.900. The van der Waals surface area contributed by atoms with Crippen LogP contribution in [0.5, 0.6) is 0 Å². The summed E-state index contributed by atoms with van der Waals surface area (Å²) < 4.78 is 0. The third-order valence-electron chi connectivity index (χ3n) is 5.35. The average molecular weight is 287 g/mol. The minimum absolute atomic E-state index is 0.255. The summed E-state index contributed by atoms with van der Waals surface area (Å²) in [7, 11) is 0. The molecule has 2 N–H and O–H groups in total. The van der Waals surface area contributed by atoms with Gasteiger partial charge in [0.25, 0.3) is 0 Å². The quantitative estimate of drug-likeness (QED) is 0.926. The predicted octanol–water partition coefficient (Wildman–Crippen LogP) is 2.32. The summed E-state index contributed by atoms with van der Waals surface area (Å²) in [6.45, 7) is 10.5. The van der Waals surface area contributed by atoms with Gasteiger partial charge in [-0.2, -0.15) is 0 Å². The van der Waals surface area contributed by atoms with Crippen molar-refractivity contribution in [3.05, 3.63) is 35.9 Å². The zero-order chi connectivity index (χ0) is 14.9. The molecule has 3 rings (SSSR count). The molecule has 0 radical (unpaired) electrons. The van der Waals surface area contributed by atoms with E-state index in [1.54, 1.807) is 0 Å². The van der Waals surface area contributed by atoms with Crippen LogP contribution >= 0.6 is 0 Å². The summed E-state index contributed by atoms with van der Waals surface area (Å²) >= 11 is 0. The van der Waals surface area contributed by atoms with Crippen LogP contribution in [0.25, 0.3) is 0 Å². The highest BCUT2D eigenvalue weighted by Crippen LogP contribution is 2.31. The van der Waals surface area contributed by atoms with Gasteiger partial charge in [-0.15, -0.1) is 0 Å². The van der Waals surface area contributed by atoms with Crippen LogP contribution in [0, 0.1) is 5.41 Å². The molecule has 2 aliphatic heterocycles. The molecule has 3 heteroatoms. The van der Waals surface area contributed by atoms with Gasteiger partial charge < -0.3 is 5.73 Å². The van der Waals surface area contributed by atoms with E-state index >= 15 is 0 Å². The molecule has 3 nitrogen and oxygen atoms in total.